The zero-order chi connectivity index (χ0) is 24.1. The zero-order valence-corrected chi connectivity index (χ0v) is 22.1. The fourth-order valence-corrected chi connectivity index (χ4v) is 7.36. The van der Waals surface area contributed by atoms with Crippen LogP contribution in [0.3, 0.4) is 0 Å². The Bertz CT molecular complexity index is 1170. The van der Waals surface area contributed by atoms with Crippen LogP contribution in [0.15, 0.2) is 12.1 Å². The predicted molar refractivity (Wildman–Crippen MR) is 134 cm³/mol. The third-order valence-electron chi connectivity index (χ3n) is 7.37. The lowest BCUT2D eigenvalue weighted by molar-refractivity contribution is 0.0985. The van der Waals surface area contributed by atoms with Crippen molar-refractivity contribution >= 4 is 27.1 Å². The standard InChI is InChI=1S/C26H35NO4S2/c1-15-12-18(13-16(2)24(15)31-11-7-10-27-33(6,29)30)8-9-21(28)25-19-14-20-23(26(20,4)5)22(19)17(3)32-25/h12-13,20,23,27H,7-11,14H2,1-6H3/t20-,23-/m1/s1. The Morgan fingerprint density at radius 3 is 2.52 bits per heavy atom. The maximum atomic E-state index is 13.1. The molecule has 1 saturated carbocycles. The fraction of sp³-hybridized carbons (Fsp3) is 0.577. The number of carbonyl (C=O) groups is 1. The number of nitrogens with one attached hydrogen (secondary N) is 1. The van der Waals surface area contributed by atoms with Crippen LogP contribution < -0.4 is 9.46 Å². The normalized spacial score (nSPS) is 20.4. The van der Waals surface area contributed by atoms with E-state index in [0.29, 0.717) is 37.3 Å². The highest BCUT2D eigenvalue weighted by atomic mass is 32.2. The minimum Gasteiger partial charge on any atom is -0.493 e. The number of benzene rings is 1. The van der Waals surface area contributed by atoms with E-state index in [-0.39, 0.29) is 5.78 Å². The predicted octanol–water partition coefficient (Wildman–Crippen LogP) is 5.10. The van der Waals surface area contributed by atoms with Crippen LogP contribution in [0.5, 0.6) is 5.75 Å². The second-order valence-electron chi connectivity index (χ2n) is 10.3. The summed E-state index contributed by atoms with van der Waals surface area (Å²) >= 11 is 1.70. The van der Waals surface area contributed by atoms with Crippen LogP contribution in [0.25, 0.3) is 0 Å². The number of carbonyl (C=O) groups excluding carboxylic acids is 1. The first-order valence-electron chi connectivity index (χ1n) is 11.7. The van der Waals surface area contributed by atoms with E-state index in [4.69, 9.17) is 4.74 Å². The number of aryl methyl sites for hydroxylation is 4. The lowest BCUT2D eigenvalue weighted by Crippen LogP contribution is -2.24. The molecule has 1 aromatic carbocycles. The summed E-state index contributed by atoms with van der Waals surface area (Å²) in [5.74, 6) is 2.50. The number of sulfonamides is 1. The van der Waals surface area contributed by atoms with Crippen LogP contribution in [0, 0.1) is 32.1 Å². The molecule has 0 unspecified atom stereocenters. The minimum absolute atomic E-state index is 0.275. The lowest BCUT2D eigenvalue weighted by Gasteiger charge is -2.14. The number of rotatable bonds is 10. The first-order chi connectivity index (χ1) is 15.4. The number of Topliss-reactive ketones (excluding diaryl/α,β-unsaturated/α-hetero) is 1. The van der Waals surface area contributed by atoms with Crippen LogP contribution in [0.1, 0.15) is 75.0 Å². The quantitative estimate of drug-likeness (QED) is 0.372. The van der Waals surface area contributed by atoms with E-state index < -0.39 is 10.0 Å². The van der Waals surface area contributed by atoms with Crippen molar-refractivity contribution in [3.05, 3.63) is 49.7 Å². The number of hydrogen-bond acceptors (Lipinski definition) is 5. The second-order valence-corrected chi connectivity index (χ2v) is 13.4. The molecule has 7 heteroatoms. The van der Waals surface area contributed by atoms with Crippen molar-refractivity contribution in [1.82, 2.24) is 4.72 Å². The minimum atomic E-state index is -3.17. The van der Waals surface area contributed by atoms with Gasteiger partial charge in [0.25, 0.3) is 0 Å². The van der Waals surface area contributed by atoms with Crippen molar-refractivity contribution in [2.75, 3.05) is 19.4 Å². The first-order valence-corrected chi connectivity index (χ1v) is 14.4. The molecule has 33 heavy (non-hydrogen) atoms. The molecule has 0 bridgehead atoms. The number of fused-ring (bicyclic) bond motifs is 3. The maximum absolute atomic E-state index is 13.1. The second kappa shape index (κ2) is 8.82. The van der Waals surface area contributed by atoms with Crippen LogP contribution in [0.2, 0.25) is 0 Å². The largest absolute Gasteiger partial charge is 0.493 e. The van der Waals surface area contributed by atoms with Gasteiger partial charge in [0.2, 0.25) is 10.0 Å². The topological polar surface area (TPSA) is 72.5 Å². The van der Waals surface area contributed by atoms with Crippen molar-refractivity contribution in [3.8, 4) is 5.75 Å². The van der Waals surface area contributed by atoms with Crippen LogP contribution in [-0.2, 0) is 22.9 Å². The summed E-state index contributed by atoms with van der Waals surface area (Å²) in [6.45, 7) is 11.7. The summed E-state index contributed by atoms with van der Waals surface area (Å²) in [6, 6.07) is 4.21. The molecule has 0 amide bonds. The van der Waals surface area contributed by atoms with Crippen molar-refractivity contribution in [1.29, 1.82) is 0 Å². The van der Waals surface area contributed by atoms with Gasteiger partial charge in [0.1, 0.15) is 5.75 Å². The van der Waals surface area contributed by atoms with E-state index >= 15 is 0 Å². The number of hydrogen-bond donors (Lipinski definition) is 1. The molecular formula is C26H35NO4S2. The van der Waals surface area contributed by atoms with E-state index in [2.05, 4.69) is 37.6 Å². The molecule has 1 aromatic heterocycles. The molecule has 1 fully saturated rings. The van der Waals surface area contributed by atoms with Crippen LogP contribution in [0.4, 0.5) is 0 Å². The molecule has 0 radical (unpaired) electrons. The van der Waals surface area contributed by atoms with Crippen molar-refractivity contribution in [2.45, 2.75) is 66.2 Å². The Morgan fingerprint density at radius 1 is 1.21 bits per heavy atom. The van der Waals surface area contributed by atoms with Crippen molar-refractivity contribution in [3.63, 3.8) is 0 Å². The molecule has 5 nitrogen and oxygen atoms in total. The highest BCUT2D eigenvalue weighted by molar-refractivity contribution is 7.88. The molecule has 2 aliphatic carbocycles. The Balaban J connectivity index is 1.35. The Morgan fingerprint density at radius 2 is 1.88 bits per heavy atom. The zero-order valence-electron chi connectivity index (χ0n) is 20.5. The highest BCUT2D eigenvalue weighted by Gasteiger charge is 2.63. The molecule has 0 aliphatic heterocycles. The summed E-state index contributed by atoms with van der Waals surface area (Å²) in [6.07, 6.45) is 4.08. The molecular weight excluding hydrogens is 454 g/mol. The number of thiophene rings is 1. The van der Waals surface area contributed by atoms with Crippen molar-refractivity contribution < 1.29 is 17.9 Å². The smallest absolute Gasteiger partial charge is 0.208 e. The average Bonchev–Trinajstić information content (AvgIpc) is 3.02. The Kier molecular flexibility index (Phi) is 6.53. The summed E-state index contributed by atoms with van der Waals surface area (Å²) in [5, 5.41) is 0. The first kappa shape index (κ1) is 24.4. The van der Waals surface area contributed by atoms with Gasteiger partial charge < -0.3 is 4.74 Å². The molecule has 1 N–H and O–H groups in total. The number of ether oxygens (including phenoxy) is 1. The van der Waals surface area contributed by atoms with Crippen molar-refractivity contribution in [2.24, 2.45) is 11.3 Å². The lowest BCUT2D eigenvalue weighted by atomic mass is 9.93. The molecule has 0 saturated heterocycles. The molecule has 4 rings (SSSR count). The number of ketones is 1. The molecule has 1 heterocycles. The maximum Gasteiger partial charge on any atom is 0.208 e. The van der Waals surface area contributed by atoms with Gasteiger partial charge in [-0.3, -0.25) is 4.79 Å². The third kappa shape index (κ3) is 4.91. The summed E-state index contributed by atoms with van der Waals surface area (Å²) in [7, 11) is -3.17. The molecule has 2 aliphatic rings. The van der Waals surface area contributed by atoms with Gasteiger partial charge in [-0.1, -0.05) is 26.0 Å². The molecule has 0 spiro atoms. The van der Waals surface area contributed by atoms with Gasteiger partial charge >= 0.3 is 0 Å². The summed E-state index contributed by atoms with van der Waals surface area (Å²) in [4.78, 5) is 15.5. The summed E-state index contributed by atoms with van der Waals surface area (Å²) < 4.78 is 30.7. The summed E-state index contributed by atoms with van der Waals surface area (Å²) in [5.41, 5.74) is 6.48. The van der Waals surface area contributed by atoms with Crippen LogP contribution in [-0.4, -0.2) is 33.6 Å². The Labute approximate surface area is 202 Å². The van der Waals surface area contributed by atoms with Gasteiger partial charge in [-0.2, -0.15) is 0 Å². The van der Waals surface area contributed by atoms with Gasteiger partial charge in [-0.15, -0.1) is 11.3 Å². The monoisotopic (exact) mass is 489 g/mol. The van der Waals surface area contributed by atoms with Gasteiger partial charge in [-0.05, 0) is 85.1 Å². The Hall–Kier alpha value is -1.70. The van der Waals surface area contributed by atoms with Gasteiger partial charge in [0.05, 0.1) is 17.7 Å². The molecule has 2 aromatic rings. The average molecular weight is 490 g/mol. The van der Waals surface area contributed by atoms with E-state index in [1.165, 1.54) is 16.0 Å². The molecule has 180 valence electrons. The fourth-order valence-electron chi connectivity index (χ4n) is 5.64. The van der Waals surface area contributed by atoms with E-state index in [0.717, 1.165) is 52.3 Å². The van der Waals surface area contributed by atoms with E-state index in [9.17, 15) is 13.2 Å². The van der Waals surface area contributed by atoms with Crippen LogP contribution >= 0.6 is 11.3 Å². The third-order valence-corrected chi connectivity index (χ3v) is 9.30. The SMILES string of the molecule is Cc1cc(CCC(=O)c2sc(C)c3c2C[C@@H]2[C@H]3C2(C)C)cc(C)c1OCCCNS(C)(=O)=O. The van der Waals surface area contributed by atoms with Gasteiger partial charge in [-0.25, -0.2) is 13.1 Å². The van der Waals surface area contributed by atoms with Gasteiger partial charge in [0.15, 0.2) is 5.78 Å². The van der Waals surface area contributed by atoms with Gasteiger partial charge in [0, 0.05) is 17.8 Å². The molecule has 2 atom stereocenters. The van der Waals surface area contributed by atoms with E-state index in [1.807, 2.05) is 13.8 Å². The highest BCUT2D eigenvalue weighted by Crippen LogP contribution is 2.71. The van der Waals surface area contributed by atoms with E-state index in [1.54, 1.807) is 11.3 Å².